The van der Waals surface area contributed by atoms with Gasteiger partial charge in [-0.2, -0.15) is 13.2 Å². The smallest absolute Gasteiger partial charge is 0.344 e. The molecule has 1 saturated heterocycles. The molecule has 1 fully saturated rings. The Labute approximate surface area is 197 Å². The van der Waals surface area contributed by atoms with Crippen LogP contribution in [0.5, 0.6) is 0 Å². The standard InChI is InChI=1S/C25H28ClF3N2O2/c1-16(2)23(30-22(32)15-19-5-3-4-6-21(19)25(27,28)29)24(33)31-13-11-18(12-14-31)17-7-9-20(26)10-8-17/h3-10,16,18,23H,11-15H2,1-2H3,(H,30,32). The second-order valence-electron chi connectivity index (χ2n) is 8.77. The maximum Gasteiger partial charge on any atom is 0.416 e. The summed E-state index contributed by atoms with van der Waals surface area (Å²) in [6.45, 7) is 4.74. The Hall–Kier alpha value is -2.54. The molecule has 0 aliphatic carbocycles. The topological polar surface area (TPSA) is 49.4 Å². The van der Waals surface area contributed by atoms with Crippen molar-refractivity contribution in [2.24, 2.45) is 5.92 Å². The summed E-state index contributed by atoms with van der Waals surface area (Å²) >= 11 is 5.96. The number of hydrogen-bond donors (Lipinski definition) is 1. The summed E-state index contributed by atoms with van der Waals surface area (Å²) < 4.78 is 39.7. The summed E-state index contributed by atoms with van der Waals surface area (Å²) in [5, 5.41) is 3.36. The predicted molar refractivity (Wildman–Crippen MR) is 122 cm³/mol. The lowest BCUT2D eigenvalue weighted by molar-refractivity contribution is -0.140. The Bertz CT molecular complexity index is 968. The molecule has 178 valence electrons. The number of rotatable bonds is 6. The number of piperidine rings is 1. The predicted octanol–water partition coefficient (Wildman–Crippen LogP) is 5.45. The lowest BCUT2D eigenvalue weighted by Gasteiger charge is -2.35. The number of benzene rings is 2. The van der Waals surface area contributed by atoms with E-state index in [1.54, 1.807) is 4.90 Å². The zero-order valence-corrected chi connectivity index (χ0v) is 19.4. The van der Waals surface area contributed by atoms with Gasteiger partial charge < -0.3 is 10.2 Å². The lowest BCUT2D eigenvalue weighted by atomic mass is 9.89. The van der Waals surface area contributed by atoms with Crippen LogP contribution in [0.1, 0.15) is 49.3 Å². The number of carbonyl (C=O) groups excluding carboxylic acids is 2. The number of halogens is 4. The highest BCUT2D eigenvalue weighted by Crippen LogP contribution is 2.32. The van der Waals surface area contributed by atoms with E-state index in [2.05, 4.69) is 5.32 Å². The lowest BCUT2D eigenvalue weighted by Crippen LogP contribution is -2.53. The third-order valence-electron chi connectivity index (χ3n) is 6.07. The molecule has 1 unspecified atom stereocenters. The normalized spacial score (nSPS) is 16.0. The number of carbonyl (C=O) groups is 2. The highest BCUT2D eigenvalue weighted by atomic mass is 35.5. The van der Waals surface area contributed by atoms with Crippen molar-refractivity contribution in [2.45, 2.75) is 51.2 Å². The highest BCUT2D eigenvalue weighted by molar-refractivity contribution is 6.30. The molecule has 0 spiro atoms. The second kappa shape index (κ2) is 10.6. The molecule has 33 heavy (non-hydrogen) atoms. The highest BCUT2D eigenvalue weighted by Gasteiger charge is 2.35. The van der Waals surface area contributed by atoms with Crippen LogP contribution in [0.15, 0.2) is 48.5 Å². The molecule has 0 aromatic heterocycles. The fourth-order valence-corrected chi connectivity index (χ4v) is 4.35. The van der Waals surface area contributed by atoms with E-state index in [0.717, 1.165) is 18.9 Å². The Morgan fingerprint density at radius 2 is 1.67 bits per heavy atom. The van der Waals surface area contributed by atoms with E-state index in [1.165, 1.54) is 23.8 Å². The Morgan fingerprint density at radius 1 is 1.06 bits per heavy atom. The van der Waals surface area contributed by atoms with Gasteiger partial charge >= 0.3 is 6.18 Å². The molecule has 1 heterocycles. The molecule has 1 aliphatic heterocycles. The Morgan fingerprint density at radius 3 is 2.24 bits per heavy atom. The van der Waals surface area contributed by atoms with Gasteiger partial charge in [-0.15, -0.1) is 0 Å². The summed E-state index contributed by atoms with van der Waals surface area (Å²) in [6.07, 6.45) is -3.39. The number of hydrogen-bond acceptors (Lipinski definition) is 2. The van der Waals surface area contributed by atoms with Gasteiger partial charge in [0.25, 0.3) is 0 Å². The molecular weight excluding hydrogens is 453 g/mol. The van der Waals surface area contributed by atoms with Crippen LogP contribution in [0.2, 0.25) is 5.02 Å². The van der Waals surface area contributed by atoms with E-state index in [4.69, 9.17) is 11.6 Å². The first kappa shape index (κ1) is 25.1. The van der Waals surface area contributed by atoms with Crippen LogP contribution in [-0.2, 0) is 22.2 Å². The van der Waals surface area contributed by atoms with Crippen molar-refractivity contribution >= 4 is 23.4 Å². The van der Waals surface area contributed by atoms with Gasteiger partial charge in [0.05, 0.1) is 12.0 Å². The minimum Gasteiger partial charge on any atom is -0.344 e. The maximum atomic E-state index is 13.2. The van der Waals surface area contributed by atoms with Gasteiger partial charge in [0.15, 0.2) is 0 Å². The van der Waals surface area contributed by atoms with Gasteiger partial charge in [-0.1, -0.05) is 55.8 Å². The van der Waals surface area contributed by atoms with Crippen LogP contribution >= 0.6 is 11.6 Å². The largest absolute Gasteiger partial charge is 0.416 e. The molecule has 0 bridgehead atoms. The first-order valence-electron chi connectivity index (χ1n) is 11.0. The average molecular weight is 481 g/mol. The van der Waals surface area contributed by atoms with Crippen LogP contribution < -0.4 is 5.32 Å². The SMILES string of the molecule is CC(C)C(NC(=O)Cc1ccccc1C(F)(F)F)C(=O)N1CCC(c2ccc(Cl)cc2)CC1. The summed E-state index contributed by atoms with van der Waals surface area (Å²) in [7, 11) is 0. The van der Waals surface area contributed by atoms with Crippen LogP contribution in [0.25, 0.3) is 0 Å². The summed E-state index contributed by atoms with van der Waals surface area (Å²) in [5.41, 5.74) is 0.238. The van der Waals surface area contributed by atoms with Gasteiger partial charge in [0, 0.05) is 18.1 Å². The van der Waals surface area contributed by atoms with Gasteiger partial charge in [-0.3, -0.25) is 9.59 Å². The molecule has 1 atom stereocenters. The monoisotopic (exact) mass is 480 g/mol. The van der Waals surface area contributed by atoms with Crippen molar-refractivity contribution in [3.05, 3.63) is 70.2 Å². The van der Waals surface area contributed by atoms with E-state index in [0.29, 0.717) is 24.0 Å². The fraction of sp³-hybridized carbons (Fsp3) is 0.440. The average Bonchev–Trinajstić information content (AvgIpc) is 2.77. The van der Waals surface area contributed by atoms with Crippen molar-refractivity contribution < 1.29 is 22.8 Å². The minimum atomic E-state index is -4.54. The molecule has 8 heteroatoms. The van der Waals surface area contributed by atoms with E-state index >= 15 is 0 Å². The molecular formula is C25H28ClF3N2O2. The number of nitrogens with one attached hydrogen (secondary N) is 1. The molecule has 1 N–H and O–H groups in total. The molecule has 1 aliphatic rings. The van der Waals surface area contributed by atoms with Crippen molar-refractivity contribution in [3.63, 3.8) is 0 Å². The van der Waals surface area contributed by atoms with Crippen molar-refractivity contribution in [3.8, 4) is 0 Å². The second-order valence-corrected chi connectivity index (χ2v) is 9.21. The number of alkyl halides is 3. The van der Waals surface area contributed by atoms with Gasteiger partial charge in [-0.05, 0) is 54.0 Å². The number of nitrogens with zero attached hydrogens (tertiary/aromatic N) is 1. The van der Waals surface area contributed by atoms with Crippen LogP contribution in [-0.4, -0.2) is 35.8 Å². The minimum absolute atomic E-state index is 0.110. The first-order chi connectivity index (χ1) is 15.6. The molecule has 0 saturated carbocycles. The molecule has 0 radical (unpaired) electrons. The van der Waals surface area contributed by atoms with Crippen LogP contribution in [0.4, 0.5) is 13.2 Å². The number of likely N-dealkylation sites (tertiary alicyclic amines) is 1. The quantitative estimate of drug-likeness (QED) is 0.597. The van der Waals surface area contributed by atoms with E-state index in [-0.39, 0.29) is 17.4 Å². The fourth-order valence-electron chi connectivity index (χ4n) is 4.23. The van der Waals surface area contributed by atoms with Crippen molar-refractivity contribution in [1.29, 1.82) is 0 Å². The third-order valence-corrected chi connectivity index (χ3v) is 6.32. The molecule has 3 rings (SSSR count). The first-order valence-corrected chi connectivity index (χ1v) is 11.4. The number of amides is 2. The summed E-state index contributed by atoms with van der Waals surface area (Å²) in [6, 6.07) is 11.9. The summed E-state index contributed by atoms with van der Waals surface area (Å²) in [5.74, 6) is -0.669. The van der Waals surface area contributed by atoms with Crippen LogP contribution in [0.3, 0.4) is 0 Å². The molecule has 4 nitrogen and oxygen atoms in total. The summed E-state index contributed by atoms with van der Waals surface area (Å²) in [4.78, 5) is 27.5. The van der Waals surface area contributed by atoms with Gasteiger partial charge in [0.1, 0.15) is 6.04 Å². The van der Waals surface area contributed by atoms with Crippen molar-refractivity contribution in [1.82, 2.24) is 10.2 Å². The molecule has 2 amide bonds. The molecule has 2 aromatic rings. The Kier molecular flexibility index (Phi) is 8.05. The van der Waals surface area contributed by atoms with Crippen molar-refractivity contribution in [2.75, 3.05) is 13.1 Å². The van der Waals surface area contributed by atoms with Gasteiger partial charge in [-0.25, -0.2) is 0 Å². The van der Waals surface area contributed by atoms with Gasteiger partial charge in [0.2, 0.25) is 11.8 Å². The zero-order valence-electron chi connectivity index (χ0n) is 18.7. The van der Waals surface area contributed by atoms with E-state index in [1.807, 2.05) is 38.1 Å². The van der Waals surface area contributed by atoms with Crippen LogP contribution in [0, 0.1) is 5.92 Å². The molecule has 2 aromatic carbocycles. The van der Waals surface area contributed by atoms with E-state index < -0.39 is 30.1 Å². The maximum absolute atomic E-state index is 13.2. The zero-order chi connectivity index (χ0) is 24.2. The Balaban J connectivity index is 1.62. The van der Waals surface area contributed by atoms with E-state index in [9.17, 15) is 22.8 Å². The third kappa shape index (κ3) is 6.50.